The van der Waals surface area contributed by atoms with Crippen LogP contribution in [-0.2, 0) is 20.8 Å². The fourth-order valence-electron chi connectivity index (χ4n) is 3.02. The lowest BCUT2D eigenvalue weighted by molar-refractivity contribution is -0.141. The van der Waals surface area contributed by atoms with Crippen LogP contribution in [0.3, 0.4) is 0 Å². The molecule has 0 fully saturated rings. The molecule has 0 unspecified atom stereocenters. The Labute approximate surface area is 203 Å². The van der Waals surface area contributed by atoms with Gasteiger partial charge in [-0.05, 0) is 42.8 Å². The summed E-state index contributed by atoms with van der Waals surface area (Å²) in [6, 6.07) is 10.2. The predicted molar refractivity (Wildman–Crippen MR) is 120 cm³/mol. The number of amides is 1. The van der Waals surface area contributed by atoms with E-state index in [2.05, 4.69) is 15.3 Å². The number of hydrogen-bond acceptors (Lipinski definition) is 6. The highest BCUT2D eigenvalue weighted by Gasteiger charge is 2.35. The van der Waals surface area contributed by atoms with Crippen LogP contribution in [0.4, 0.5) is 23.2 Å². The standard InChI is InChI=1S/C22H18ClF4N3O4S/c1-34-18-6-3-2-5-14(18)17-12-19(22(25,26)27)30-21(29-17)35(32,33)10-4-7-20(31)28-13-8-9-16(24)15(23)11-13/h2-3,5-6,8-9,11-12H,4,7,10H2,1H3,(H,28,31). The van der Waals surface area contributed by atoms with Crippen LogP contribution in [0.15, 0.2) is 53.7 Å². The number of sulfone groups is 1. The van der Waals surface area contributed by atoms with E-state index >= 15 is 0 Å². The van der Waals surface area contributed by atoms with Crippen LogP contribution >= 0.6 is 11.6 Å². The van der Waals surface area contributed by atoms with E-state index in [1.165, 1.54) is 37.4 Å². The van der Waals surface area contributed by atoms with Gasteiger partial charge in [-0.2, -0.15) is 13.2 Å². The number of methoxy groups -OCH3 is 1. The van der Waals surface area contributed by atoms with Gasteiger partial charge in [0.15, 0.2) is 0 Å². The van der Waals surface area contributed by atoms with E-state index in [9.17, 15) is 30.8 Å². The lowest BCUT2D eigenvalue weighted by Crippen LogP contribution is -2.18. The van der Waals surface area contributed by atoms with E-state index in [-0.39, 0.29) is 40.6 Å². The van der Waals surface area contributed by atoms with Gasteiger partial charge < -0.3 is 10.1 Å². The van der Waals surface area contributed by atoms with Crippen LogP contribution in [0.2, 0.25) is 5.02 Å². The Hall–Kier alpha value is -3.25. The molecule has 35 heavy (non-hydrogen) atoms. The Kier molecular flexibility index (Phi) is 7.96. The first-order chi connectivity index (χ1) is 16.4. The Morgan fingerprint density at radius 2 is 1.83 bits per heavy atom. The van der Waals surface area contributed by atoms with E-state index < -0.39 is 44.3 Å². The van der Waals surface area contributed by atoms with Gasteiger partial charge in [0.05, 0.1) is 23.6 Å². The summed E-state index contributed by atoms with van der Waals surface area (Å²) in [6.07, 6.45) is -5.44. The number of anilines is 1. The molecule has 7 nitrogen and oxygen atoms in total. The fourth-order valence-corrected chi connectivity index (χ4v) is 4.38. The molecule has 3 aromatic rings. The minimum atomic E-state index is -4.93. The minimum Gasteiger partial charge on any atom is -0.496 e. The first kappa shape index (κ1) is 26.4. The molecule has 1 amide bonds. The molecule has 1 heterocycles. The maximum atomic E-state index is 13.5. The summed E-state index contributed by atoms with van der Waals surface area (Å²) in [5, 5.41) is 1.20. The number of halogens is 5. The summed E-state index contributed by atoms with van der Waals surface area (Å²) < 4.78 is 84.2. The van der Waals surface area contributed by atoms with Gasteiger partial charge >= 0.3 is 6.18 Å². The second-order valence-electron chi connectivity index (χ2n) is 7.22. The third-order valence-electron chi connectivity index (χ3n) is 4.68. The van der Waals surface area contributed by atoms with Gasteiger partial charge in [-0.15, -0.1) is 0 Å². The van der Waals surface area contributed by atoms with E-state index in [1.54, 1.807) is 6.07 Å². The molecular weight excluding hydrogens is 514 g/mol. The number of alkyl halides is 3. The van der Waals surface area contributed by atoms with Crippen molar-refractivity contribution >= 4 is 33.0 Å². The zero-order valence-electron chi connectivity index (χ0n) is 18.1. The predicted octanol–water partition coefficient (Wildman–Crippen LogP) is 5.16. The molecule has 0 radical (unpaired) electrons. The number of para-hydroxylation sites is 1. The van der Waals surface area contributed by atoms with Crippen molar-refractivity contribution < 1.29 is 35.5 Å². The quantitative estimate of drug-likeness (QED) is 0.319. The summed E-state index contributed by atoms with van der Waals surface area (Å²) in [4.78, 5) is 19.2. The van der Waals surface area contributed by atoms with Gasteiger partial charge in [0.1, 0.15) is 17.3 Å². The van der Waals surface area contributed by atoms with Crippen LogP contribution in [0.25, 0.3) is 11.3 Å². The second kappa shape index (κ2) is 10.6. The Morgan fingerprint density at radius 1 is 1.11 bits per heavy atom. The number of carbonyl (C=O) groups is 1. The SMILES string of the molecule is COc1ccccc1-c1cc(C(F)(F)F)nc(S(=O)(=O)CCCC(=O)Nc2ccc(F)c(Cl)c2)n1. The van der Waals surface area contributed by atoms with Crippen LogP contribution in [0.5, 0.6) is 5.75 Å². The second-order valence-corrected chi connectivity index (χ2v) is 9.63. The highest BCUT2D eigenvalue weighted by Crippen LogP contribution is 2.34. The zero-order valence-corrected chi connectivity index (χ0v) is 19.6. The molecule has 1 aromatic heterocycles. The molecule has 3 rings (SSSR count). The molecule has 186 valence electrons. The summed E-state index contributed by atoms with van der Waals surface area (Å²) in [6.45, 7) is 0. The largest absolute Gasteiger partial charge is 0.496 e. The number of rotatable bonds is 8. The molecular formula is C22H18ClF4N3O4S. The van der Waals surface area contributed by atoms with Crippen molar-refractivity contribution in [2.75, 3.05) is 18.2 Å². The van der Waals surface area contributed by atoms with Crippen molar-refractivity contribution in [3.05, 3.63) is 65.1 Å². The fraction of sp³-hybridized carbons (Fsp3) is 0.227. The van der Waals surface area contributed by atoms with Crippen molar-refractivity contribution in [2.24, 2.45) is 0 Å². The van der Waals surface area contributed by atoms with Crippen molar-refractivity contribution in [3.63, 3.8) is 0 Å². The molecule has 0 saturated carbocycles. The van der Waals surface area contributed by atoms with Gasteiger partial charge in [0.25, 0.3) is 0 Å². The molecule has 0 aliphatic rings. The average molecular weight is 532 g/mol. The highest BCUT2D eigenvalue weighted by molar-refractivity contribution is 7.91. The van der Waals surface area contributed by atoms with Crippen molar-refractivity contribution in [3.8, 4) is 17.0 Å². The lowest BCUT2D eigenvalue weighted by Gasteiger charge is -2.13. The Bertz CT molecular complexity index is 1350. The lowest BCUT2D eigenvalue weighted by atomic mass is 10.1. The van der Waals surface area contributed by atoms with Gasteiger partial charge in [0.2, 0.25) is 20.9 Å². The molecule has 0 saturated heterocycles. The zero-order chi connectivity index (χ0) is 25.8. The molecule has 2 aromatic carbocycles. The summed E-state index contributed by atoms with van der Waals surface area (Å²) in [5.41, 5.74) is -1.37. The Morgan fingerprint density at radius 3 is 2.49 bits per heavy atom. The maximum Gasteiger partial charge on any atom is 0.433 e. The first-order valence-electron chi connectivity index (χ1n) is 9.98. The van der Waals surface area contributed by atoms with Crippen LogP contribution in [0.1, 0.15) is 18.5 Å². The van der Waals surface area contributed by atoms with E-state index in [0.29, 0.717) is 6.07 Å². The number of ether oxygens (including phenoxy) is 1. The first-order valence-corrected chi connectivity index (χ1v) is 12.0. The van der Waals surface area contributed by atoms with Crippen LogP contribution in [-0.4, -0.2) is 37.2 Å². The monoisotopic (exact) mass is 531 g/mol. The number of carbonyl (C=O) groups excluding carboxylic acids is 1. The highest BCUT2D eigenvalue weighted by atomic mass is 35.5. The smallest absolute Gasteiger partial charge is 0.433 e. The number of nitrogens with zero attached hydrogens (tertiary/aromatic N) is 2. The van der Waals surface area contributed by atoms with Gasteiger partial charge in [-0.3, -0.25) is 4.79 Å². The number of benzene rings is 2. The molecule has 0 aliphatic carbocycles. The molecule has 0 aliphatic heterocycles. The average Bonchev–Trinajstić information content (AvgIpc) is 2.80. The maximum absolute atomic E-state index is 13.5. The molecule has 0 atom stereocenters. The van der Waals surface area contributed by atoms with Crippen molar-refractivity contribution in [1.82, 2.24) is 9.97 Å². The summed E-state index contributed by atoms with van der Waals surface area (Å²) in [5.74, 6) is -1.76. The number of nitrogens with one attached hydrogen (secondary N) is 1. The summed E-state index contributed by atoms with van der Waals surface area (Å²) in [7, 11) is -3.07. The van der Waals surface area contributed by atoms with Gasteiger partial charge in [-0.1, -0.05) is 23.7 Å². The number of aromatic nitrogens is 2. The van der Waals surface area contributed by atoms with E-state index in [4.69, 9.17) is 16.3 Å². The van der Waals surface area contributed by atoms with Crippen LogP contribution in [0, 0.1) is 5.82 Å². The third-order valence-corrected chi connectivity index (χ3v) is 6.53. The molecule has 0 bridgehead atoms. The van der Waals surface area contributed by atoms with E-state index in [1.807, 2.05) is 0 Å². The normalized spacial score (nSPS) is 11.8. The Balaban J connectivity index is 1.80. The van der Waals surface area contributed by atoms with Crippen molar-refractivity contribution in [2.45, 2.75) is 24.2 Å². The molecule has 0 spiro atoms. The van der Waals surface area contributed by atoms with E-state index in [0.717, 1.165) is 6.07 Å². The summed E-state index contributed by atoms with van der Waals surface area (Å²) >= 11 is 5.64. The molecule has 13 heteroatoms. The molecule has 1 N–H and O–H groups in total. The van der Waals surface area contributed by atoms with Gasteiger partial charge in [0, 0.05) is 17.7 Å². The number of hydrogen-bond donors (Lipinski definition) is 1. The minimum absolute atomic E-state index is 0.150. The van der Waals surface area contributed by atoms with Crippen molar-refractivity contribution in [1.29, 1.82) is 0 Å². The van der Waals surface area contributed by atoms with Gasteiger partial charge in [-0.25, -0.2) is 22.8 Å². The third kappa shape index (κ3) is 6.67. The topological polar surface area (TPSA) is 98.2 Å². The van der Waals surface area contributed by atoms with Crippen LogP contribution < -0.4 is 10.1 Å².